The maximum Gasteiger partial charge on any atom is 0.174 e. The van der Waals surface area contributed by atoms with E-state index in [0.717, 1.165) is 24.0 Å². The number of hydrogen-bond donors (Lipinski definition) is 1. The lowest BCUT2D eigenvalue weighted by Gasteiger charge is -2.09. The molecule has 1 aromatic carbocycles. The molecule has 1 aromatic heterocycles. The highest BCUT2D eigenvalue weighted by molar-refractivity contribution is 5.85. The summed E-state index contributed by atoms with van der Waals surface area (Å²) in [5.41, 5.74) is 1.81. The van der Waals surface area contributed by atoms with Crippen molar-refractivity contribution in [2.45, 2.75) is 6.42 Å². The van der Waals surface area contributed by atoms with Crippen LogP contribution in [0.3, 0.4) is 0 Å². The Morgan fingerprint density at radius 2 is 2.12 bits per heavy atom. The maximum absolute atomic E-state index is 14.1. The van der Waals surface area contributed by atoms with E-state index < -0.39 is 0 Å². The zero-order chi connectivity index (χ0) is 12.4. The first-order chi connectivity index (χ1) is 8.13. The standard InChI is InChI=1S/C13H17FN2O/c1-16(2)7-6-9-8-15-10-4-5-11(17-3)13(14)12(9)10/h4-5,8,15H,6-7H2,1-3H3. The number of nitrogens with zero attached hydrogens (tertiary/aromatic N) is 1. The number of rotatable bonds is 4. The van der Waals surface area contributed by atoms with Crippen LogP contribution in [0.15, 0.2) is 18.3 Å². The summed E-state index contributed by atoms with van der Waals surface area (Å²) >= 11 is 0. The molecule has 0 unspecified atom stereocenters. The highest BCUT2D eigenvalue weighted by Crippen LogP contribution is 2.28. The molecule has 0 amide bonds. The van der Waals surface area contributed by atoms with Gasteiger partial charge in [-0.1, -0.05) is 0 Å². The quantitative estimate of drug-likeness (QED) is 0.883. The average Bonchev–Trinajstić information content (AvgIpc) is 2.71. The van der Waals surface area contributed by atoms with Crippen LogP contribution in [-0.2, 0) is 6.42 Å². The Balaban J connectivity index is 2.43. The molecule has 0 aliphatic rings. The van der Waals surface area contributed by atoms with Gasteiger partial charge in [0.05, 0.1) is 7.11 Å². The summed E-state index contributed by atoms with van der Waals surface area (Å²) in [6, 6.07) is 3.49. The Morgan fingerprint density at radius 3 is 2.76 bits per heavy atom. The van der Waals surface area contributed by atoms with Gasteiger partial charge < -0.3 is 14.6 Å². The molecule has 0 atom stereocenters. The number of hydrogen-bond acceptors (Lipinski definition) is 2. The van der Waals surface area contributed by atoms with Crippen molar-refractivity contribution in [3.8, 4) is 5.75 Å². The summed E-state index contributed by atoms with van der Waals surface area (Å²) < 4.78 is 19.1. The Morgan fingerprint density at radius 1 is 1.35 bits per heavy atom. The number of aromatic amines is 1. The summed E-state index contributed by atoms with van der Waals surface area (Å²) in [6.45, 7) is 0.892. The van der Waals surface area contributed by atoms with Crippen LogP contribution in [0, 0.1) is 5.82 Å². The number of ether oxygens (including phenoxy) is 1. The minimum Gasteiger partial charge on any atom is -0.494 e. The molecule has 4 heteroatoms. The van der Waals surface area contributed by atoms with E-state index in [1.54, 1.807) is 6.07 Å². The van der Waals surface area contributed by atoms with Crippen LogP contribution in [0.1, 0.15) is 5.56 Å². The van der Waals surface area contributed by atoms with E-state index in [2.05, 4.69) is 9.88 Å². The van der Waals surface area contributed by atoms with Gasteiger partial charge in [0.25, 0.3) is 0 Å². The Kier molecular flexibility index (Phi) is 3.33. The fourth-order valence-electron chi connectivity index (χ4n) is 1.93. The van der Waals surface area contributed by atoms with Gasteiger partial charge in [-0.3, -0.25) is 0 Å². The lowest BCUT2D eigenvalue weighted by atomic mass is 10.1. The summed E-state index contributed by atoms with van der Waals surface area (Å²) in [6.07, 6.45) is 2.69. The number of nitrogens with one attached hydrogen (secondary N) is 1. The number of benzene rings is 1. The first kappa shape index (κ1) is 11.9. The molecule has 2 rings (SSSR count). The van der Waals surface area contributed by atoms with Gasteiger partial charge in [0.15, 0.2) is 11.6 Å². The molecule has 0 fully saturated rings. The highest BCUT2D eigenvalue weighted by atomic mass is 19.1. The molecule has 0 bridgehead atoms. The summed E-state index contributed by atoms with van der Waals surface area (Å²) in [5.74, 6) is 0.0169. The first-order valence-electron chi connectivity index (χ1n) is 5.60. The van der Waals surface area contributed by atoms with E-state index >= 15 is 0 Å². The van der Waals surface area contributed by atoms with Gasteiger partial charge in [-0.05, 0) is 38.2 Å². The van der Waals surface area contributed by atoms with E-state index in [9.17, 15) is 4.39 Å². The van der Waals surface area contributed by atoms with Crippen molar-refractivity contribution >= 4 is 10.9 Å². The van der Waals surface area contributed by atoms with Crippen LogP contribution in [0.2, 0.25) is 0 Å². The van der Waals surface area contributed by atoms with Gasteiger partial charge in [0.2, 0.25) is 0 Å². The third kappa shape index (κ3) is 2.26. The van der Waals surface area contributed by atoms with Gasteiger partial charge in [0, 0.05) is 23.6 Å². The Labute approximate surface area is 100 Å². The lowest BCUT2D eigenvalue weighted by Crippen LogP contribution is -2.14. The van der Waals surface area contributed by atoms with Crippen LogP contribution < -0.4 is 4.74 Å². The number of aromatic nitrogens is 1. The van der Waals surface area contributed by atoms with Crippen molar-refractivity contribution in [1.82, 2.24) is 9.88 Å². The molecule has 1 heterocycles. The lowest BCUT2D eigenvalue weighted by molar-refractivity contribution is 0.388. The minimum atomic E-state index is -0.278. The molecule has 92 valence electrons. The second kappa shape index (κ2) is 4.75. The predicted molar refractivity (Wildman–Crippen MR) is 67.1 cm³/mol. The molecular weight excluding hydrogens is 219 g/mol. The fraction of sp³-hybridized carbons (Fsp3) is 0.385. The summed E-state index contributed by atoms with van der Waals surface area (Å²) in [7, 11) is 5.49. The predicted octanol–water partition coefficient (Wildman–Crippen LogP) is 2.42. The SMILES string of the molecule is COc1ccc2[nH]cc(CCN(C)C)c2c1F. The zero-order valence-corrected chi connectivity index (χ0v) is 10.4. The first-order valence-corrected chi connectivity index (χ1v) is 5.60. The van der Waals surface area contributed by atoms with Crippen molar-refractivity contribution in [2.75, 3.05) is 27.7 Å². The van der Waals surface area contributed by atoms with Gasteiger partial charge in [0.1, 0.15) is 0 Å². The number of halogens is 1. The van der Waals surface area contributed by atoms with Crippen molar-refractivity contribution < 1.29 is 9.13 Å². The van der Waals surface area contributed by atoms with Crippen LogP contribution in [0.4, 0.5) is 4.39 Å². The minimum absolute atomic E-state index is 0.278. The zero-order valence-electron chi connectivity index (χ0n) is 10.4. The number of likely N-dealkylation sites (N-methyl/N-ethyl adjacent to an activating group) is 1. The summed E-state index contributed by atoms with van der Waals surface area (Å²) in [5, 5.41) is 0.645. The van der Waals surface area contributed by atoms with E-state index in [-0.39, 0.29) is 5.82 Å². The maximum atomic E-state index is 14.1. The summed E-state index contributed by atoms with van der Waals surface area (Å²) in [4.78, 5) is 5.17. The largest absolute Gasteiger partial charge is 0.494 e. The third-order valence-electron chi connectivity index (χ3n) is 2.88. The molecule has 0 spiro atoms. The molecule has 0 saturated carbocycles. The van der Waals surface area contributed by atoms with E-state index in [1.807, 2.05) is 26.4 Å². The molecule has 2 aromatic rings. The Bertz CT molecular complexity index is 519. The van der Waals surface area contributed by atoms with Gasteiger partial charge in [-0.2, -0.15) is 0 Å². The third-order valence-corrected chi connectivity index (χ3v) is 2.88. The smallest absolute Gasteiger partial charge is 0.174 e. The van der Waals surface area contributed by atoms with Crippen molar-refractivity contribution in [2.24, 2.45) is 0 Å². The van der Waals surface area contributed by atoms with Gasteiger partial charge >= 0.3 is 0 Å². The van der Waals surface area contributed by atoms with Crippen molar-refractivity contribution in [3.05, 3.63) is 29.7 Å². The van der Waals surface area contributed by atoms with Crippen LogP contribution in [0.25, 0.3) is 10.9 Å². The molecule has 0 aliphatic carbocycles. The Hall–Kier alpha value is -1.55. The van der Waals surface area contributed by atoms with Gasteiger partial charge in [-0.15, -0.1) is 0 Å². The second-order valence-corrected chi connectivity index (χ2v) is 4.37. The molecule has 3 nitrogen and oxygen atoms in total. The fourth-order valence-corrected chi connectivity index (χ4v) is 1.93. The van der Waals surface area contributed by atoms with E-state index in [0.29, 0.717) is 11.1 Å². The van der Waals surface area contributed by atoms with Crippen LogP contribution >= 0.6 is 0 Å². The molecule has 0 saturated heterocycles. The topological polar surface area (TPSA) is 28.3 Å². The highest BCUT2D eigenvalue weighted by Gasteiger charge is 2.13. The molecule has 1 N–H and O–H groups in total. The number of fused-ring (bicyclic) bond motifs is 1. The molecule has 0 radical (unpaired) electrons. The number of H-pyrrole nitrogens is 1. The second-order valence-electron chi connectivity index (χ2n) is 4.37. The monoisotopic (exact) mass is 236 g/mol. The normalized spacial score (nSPS) is 11.4. The van der Waals surface area contributed by atoms with Crippen molar-refractivity contribution in [3.63, 3.8) is 0 Å². The molecule has 17 heavy (non-hydrogen) atoms. The molecular formula is C13H17FN2O. The molecule has 0 aliphatic heterocycles. The van der Waals surface area contributed by atoms with Crippen molar-refractivity contribution in [1.29, 1.82) is 0 Å². The van der Waals surface area contributed by atoms with Crippen LogP contribution in [-0.4, -0.2) is 37.6 Å². The average molecular weight is 236 g/mol. The number of methoxy groups -OCH3 is 1. The van der Waals surface area contributed by atoms with E-state index in [1.165, 1.54) is 7.11 Å². The van der Waals surface area contributed by atoms with Gasteiger partial charge in [-0.25, -0.2) is 4.39 Å². The van der Waals surface area contributed by atoms with Crippen LogP contribution in [0.5, 0.6) is 5.75 Å². The van der Waals surface area contributed by atoms with E-state index in [4.69, 9.17) is 4.74 Å².